The molecule has 6 atom stereocenters. The largest absolute Gasteiger partial charge is 0.392 e. The van der Waals surface area contributed by atoms with E-state index in [2.05, 4.69) is 56.9 Å². The van der Waals surface area contributed by atoms with Crippen LogP contribution in [0, 0.1) is 28.7 Å². The first-order valence-electron chi connectivity index (χ1n) is 13.5. The van der Waals surface area contributed by atoms with Crippen LogP contribution in [0.25, 0.3) is 22.0 Å². The molecule has 0 saturated heterocycles. The molecule has 0 aliphatic heterocycles. The number of hydrogen-bond acceptors (Lipinski definition) is 3. The van der Waals surface area contributed by atoms with Gasteiger partial charge in [0.2, 0.25) is 0 Å². The van der Waals surface area contributed by atoms with Crippen LogP contribution in [0.15, 0.2) is 60.8 Å². The quantitative estimate of drug-likeness (QED) is 0.286. The van der Waals surface area contributed by atoms with Gasteiger partial charge in [-0.3, -0.25) is 0 Å². The van der Waals surface area contributed by atoms with Gasteiger partial charge in [-0.15, -0.1) is 35.9 Å². The third-order valence-electron chi connectivity index (χ3n) is 9.34. The minimum Gasteiger partial charge on any atom is -0.392 e. The molecule has 197 valence electrons. The van der Waals surface area contributed by atoms with Gasteiger partial charge in [0.25, 0.3) is 0 Å². The van der Waals surface area contributed by atoms with Crippen molar-refractivity contribution in [1.82, 2.24) is 4.98 Å². The molecular formula is C32H42IrNO2-. The van der Waals surface area contributed by atoms with Gasteiger partial charge in [-0.2, -0.15) is 0 Å². The SMILES string of the molecule is CC[C@@]1(C)CCCC2CC[C@@](C)(CC)C(O)C2C1O.[Ir].[c-]1ccccc1-c1cc2ccccc2cn1. The topological polar surface area (TPSA) is 53.4 Å². The molecular weight excluding hydrogens is 623 g/mol. The number of aliphatic hydroxyl groups excluding tert-OH is 2. The molecule has 0 amide bonds. The molecule has 3 nitrogen and oxygen atoms in total. The van der Waals surface area contributed by atoms with Crippen LogP contribution in [0.4, 0.5) is 0 Å². The number of nitrogens with zero attached hydrogens (tertiary/aromatic N) is 1. The Morgan fingerprint density at radius 1 is 0.889 bits per heavy atom. The van der Waals surface area contributed by atoms with Gasteiger partial charge in [0.1, 0.15) is 0 Å². The van der Waals surface area contributed by atoms with E-state index >= 15 is 0 Å². The Labute approximate surface area is 231 Å². The summed E-state index contributed by atoms with van der Waals surface area (Å²) in [6, 6.07) is 21.4. The number of fused-ring (bicyclic) bond motifs is 2. The molecule has 2 N–H and O–H groups in total. The summed E-state index contributed by atoms with van der Waals surface area (Å²) < 4.78 is 0. The molecule has 0 bridgehead atoms. The Kier molecular flexibility index (Phi) is 9.91. The van der Waals surface area contributed by atoms with Gasteiger partial charge < -0.3 is 15.2 Å². The zero-order chi connectivity index (χ0) is 25.1. The van der Waals surface area contributed by atoms with Crippen LogP contribution in [0.3, 0.4) is 0 Å². The van der Waals surface area contributed by atoms with E-state index in [0.29, 0.717) is 5.92 Å². The maximum absolute atomic E-state index is 10.9. The van der Waals surface area contributed by atoms with Gasteiger partial charge in [-0.05, 0) is 71.7 Å². The standard InChI is InChI=1S/C17H32O2.C15H10N.Ir/c1-5-16(3)10-7-8-12-9-11-17(4,6-2)15(19)13(12)14(16)18;1-2-6-12(7-3-1)15-10-13-8-4-5-9-14(13)11-16-15;/h12-15,18-19H,5-11H2,1-4H3;1-6,8-11H;/q;-1;/t12?,13?,14?,15?,16-,17+;;/m0../s1. The molecule has 1 heterocycles. The van der Waals surface area contributed by atoms with Crippen LogP contribution < -0.4 is 0 Å². The fraction of sp³-hybridized carbons (Fsp3) is 0.531. The summed E-state index contributed by atoms with van der Waals surface area (Å²) in [6.45, 7) is 8.77. The zero-order valence-electron chi connectivity index (χ0n) is 22.2. The van der Waals surface area contributed by atoms with Gasteiger partial charge in [0, 0.05) is 32.2 Å². The zero-order valence-corrected chi connectivity index (χ0v) is 24.6. The predicted octanol–water partition coefficient (Wildman–Crippen LogP) is 7.45. The molecule has 3 aromatic rings. The van der Waals surface area contributed by atoms with E-state index in [1.165, 1.54) is 30.0 Å². The monoisotopic (exact) mass is 665 g/mol. The molecule has 2 saturated carbocycles. The van der Waals surface area contributed by atoms with Crippen LogP contribution in [0.1, 0.15) is 72.6 Å². The van der Waals surface area contributed by atoms with Crippen LogP contribution >= 0.6 is 0 Å². The Bertz CT molecular complexity index is 1110. The van der Waals surface area contributed by atoms with E-state index in [9.17, 15) is 10.2 Å². The smallest absolute Gasteiger partial charge is 0.0649 e. The first-order chi connectivity index (χ1) is 16.8. The summed E-state index contributed by atoms with van der Waals surface area (Å²) in [6.07, 6.45) is 9.04. The van der Waals surface area contributed by atoms with Crippen LogP contribution in [-0.4, -0.2) is 27.4 Å². The molecule has 1 radical (unpaired) electrons. The average Bonchev–Trinajstić information content (AvgIpc) is 3.03. The van der Waals surface area contributed by atoms with Crippen molar-refractivity contribution in [3.63, 3.8) is 0 Å². The second kappa shape index (κ2) is 12.3. The molecule has 1 aromatic heterocycles. The molecule has 4 heteroatoms. The molecule has 2 aliphatic rings. The molecule has 2 aliphatic carbocycles. The van der Waals surface area contributed by atoms with Gasteiger partial charge in [-0.25, -0.2) is 0 Å². The van der Waals surface area contributed by atoms with E-state index in [1.807, 2.05) is 42.6 Å². The minimum atomic E-state index is -0.342. The van der Waals surface area contributed by atoms with Gasteiger partial charge in [0.15, 0.2) is 0 Å². The molecule has 36 heavy (non-hydrogen) atoms. The van der Waals surface area contributed by atoms with Crippen LogP contribution in [0.2, 0.25) is 0 Å². The van der Waals surface area contributed by atoms with E-state index in [-0.39, 0.29) is 49.1 Å². The van der Waals surface area contributed by atoms with Crippen molar-refractivity contribution >= 4 is 10.8 Å². The van der Waals surface area contributed by atoms with Crippen molar-refractivity contribution in [2.45, 2.75) is 84.8 Å². The van der Waals surface area contributed by atoms with Crippen LogP contribution in [0.5, 0.6) is 0 Å². The molecule has 5 rings (SSSR count). The van der Waals surface area contributed by atoms with Crippen molar-refractivity contribution < 1.29 is 30.3 Å². The van der Waals surface area contributed by atoms with Crippen molar-refractivity contribution in [2.75, 3.05) is 0 Å². The number of aliphatic hydroxyl groups is 2. The van der Waals surface area contributed by atoms with Gasteiger partial charge >= 0.3 is 0 Å². The fourth-order valence-electron chi connectivity index (χ4n) is 6.28. The molecule has 2 aromatic carbocycles. The molecule has 2 fully saturated rings. The second-order valence-corrected chi connectivity index (χ2v) is 11.4. The maximum atomic E-state index is 10.9. The van der Waals surface area contributed by atoms with E-state index in [0.717, 1.165) is 36.9 Å². The van der Waals surface area contributed by atoms with Crippen LogP contribution in [-0.2, 0) is 20.1 Å². The summed E-state index contributed by atoms with van der Waals surface area (Å²) >= 11 is 0. The Morgan fingerprint density at radius 2 is 1.53 bits per heavy atom. The third kappa shape index (κ3) is 5.94. The van der Waals surface area contributed by atoms with Gasteiger partial charge in [0.05, 0.1) is 12.2 Å². The summed E-state index contributed by atoms with van der Waals surface area (Å²) in [5.74, 6) is 0.615. The normalized spacial score (nSPS) is 31.8. The number of benzene rings is 2. The minimum absolute atomic E-state index is 0. The van der Waals surface area contributed by atoms with E-state index < -0.39 is 0 Å². The second-order valence-electron chi connectivity index (χ2n) is 11.4. The van der Waals surface area contributed by atoms with Crippen molar-refractivity contribution in [2.24, 2.45) is 22.7 Å². The predicted molar refractivity (Wildman–Crippen MR) is 145 cm³/mol. The van der Waals surface area contributed by atoms with E-state index in [4.69, 9.17) is 0 Å². The number of hydrogen-bond donors (Lipinski definition) is 2. The number of rotatable bonds is 3. The number of aromatic nitrogens is 1. The van der Waals surface area contributed by atoms with E-state index in [1.54, 1.807) is 0 Å². The average molecular weight is 665 g/mol. The third-order valence-corrected chi connectivity index (χ3v) is 9.34. The summed E-state index contributed by atoms with van der Waals surface area (Å²) in [7, 11) is 0. The number of pyridine rings is 1. The van der Waals surface area contributed by atoms with Crippen molar-refractivity contribution in [1.29, 1.82) is 0 Å². The summed E-state index contributed by atoms with van der Waals surface area (Å²) in [5, 5.41) is 24.2. The Balaban J connectivity index is 0.000000197. The molecule has 0 spiro atoms. The molecule has 4 unspecified atom stereocenters. The van der Waals surface area contributed by atoms with Gasteiger partial charge in [-0.1, -0.05) is 64.4 Å². The van der Waals surface area contributed by atoms with Crippen molar-refractivity contribution in [3.05, 3.63) is 66.9 Å². The first-order valence-corrected chi connectivity index (χ1v) is 13.5. The maximum Gasteiger partial charge on any atom is 0.0649 e. The summed E-state index contributed by atoms with van der Waals surface area (Å²) in [5.41, 5.74) is 2.00. The fourth-order valence-corrected chi connectivity index (χ4v) is 6.28. The van der Waals surface area contributed by atoms with Crippen molar-refractivity contribution in [3.8, 4) is 11.3 Å². The first kappa shape index (κ1) is 29.0. The Hall–Kier alpha value is -1.58. The Morgan fingerprint density at radius 3 is 2.17 bits per heavy atom. The summed E-state index contributed by atoms with van der Waals surface area (Å²) in [4.78, 5) is 4.45.